The van der Waals surface area contributed by atoms with Crippen LogP contribution in [0.15, 0.2) is 48.7 Å². The van der Waals surface area contributed by atoms with Gasteiger partial charge in [0, 0.05) is 49.7 Å². The number of anilines is 1. The highest BCUT2D eigenvalue weighted by atomic mass is 19.1. The average Bonchev–Trinajstić information content (AvgIpc) is 3.13. The van der Waals surface area contributed by atoms with E-state index in [-0.39, 0.29) is 23.5 Å². The van der Waals surface area contributed by atoms with Gasteiger partial charge in [0.15, 0.2) is 5.78 Å². The van der Waals surface area contributed by atoms with Gasteiger partial charge in [0.25, 0.3) is 0 Å². The van der Waals surface area contributed by atoms with Crippen LogP contribution >= 0.6 is 0 Å². The molecule has 7 heteroatoms. The molecule has 0 aliphatic carbocycles. The second kappa shape index (κ2) is 7.66. The fourth-order valence-corrected chi connectivity index (χ4v) is 3.85. The van der Waals surface area contributed by atoms with Crippen LogP contribution in [0.4, 0.5) is 14.9 Å². The summed E-state index contributed by atoms with van der Waals surface area (Å²) in [5, 5.41) is 5.23. The van der Waals surface area contributed by atoms with Gasteiger partial charge in [-0.3, -0.25) is 14.4 Å². The maximum Gasteiger partial charge on any atom is 0.324 e. The molecule has 2 amide bonds. The number of hydrogen-bond acceptors (Lipinski definition) is 3. The molecule has 2 heterocycles. The number of ketones is 1. The molecular formula is C22H23FN4O2. The van der Waals surface area contributed by atoms with Crippen molar-refractivity contribution in [3.63, 3.8) is 0 Å². The first kappa shape index (κ1) is 19.1. The number of nitrogens with zero attached hydrogens (tertiary/aromatic N) is 4. The molecule has 150 valence electrons. The fraction of sp³-hybridized carbons (Fsp3) is 0.318. The average molecular weight is 394 g/mol. The molecule has 2 aromatic carbocycles. The van der Waals surface area contributed by atoms with E-state index < -0.39 is 0 Å². The summed E-state index contributed by atoms with van der Waals surface area (Å²) < 4.78 is 14.9. The molecular weight excluding hydrogens is 371 g/mol. The third kappa shape index (κ3) is 3.72. The van der Waals surface area contributed by atoms with Gasteiger partial charge in [-0.1, -0.05) is 12.1 Å². The van der Waals surface area contributed by atoms with Crippen molar-refractivity contribution in [1.82, 2.24) is 14.7 Å². The molecule has 6 nitrogen and oxygen atoms in total. The molecule has 1 aliphatic heterocycles. The van der Waals surface area contributed by atoms with E-state index in [1.165, 1.54) is 17.0 Å². The van der Waals surface area contributed by atoms with E-state index in [4.69, 9.17) is 0 Å². The van der Waals surface area contributed by atoms with Gasteiger partial charge in [0.05, 0.1) is 11.7 Å². The Balaban J connectivity index is 1.40. The molecule has 0 atom stereocenters. The molecule has 1 saturated heterocycles. The largest absolute Gasteiger partial charge is 0.324 e. The lowest BCUT2D eigenvalue weighted by atomic mass is 9.88. The van der Waals surface area contributed by atoms with Crippen molar-refractivity contribution >= 4 is 28.4 Å². The number of urea groups is 1. The highest BCUT2D eigenvalue weighted by Crippen LogP contribution is 2.25. The number of rotatable bonds is 3. The van der Waals surface area contributed by atoms with Crippen LogP contribution in [0, 0.1) is 11.7 Å². The van der Waals surface area contributed by atoms with Crippen molar-refractivity contribution in [2.45, 2.75) is 12.8 Å². The number of aromatic nitrogens is 2. The number of carbonyl (C=O) groups is 2. The Morgan fingerprint density at radius 2 is 1.79 bits per heavy atom. The van der Waals surface area contributed by atoms with E-state index >= 15 is 0 Å². The van der Waals surface area contributed by atoms with Gasteiger partial charge >= 0.3 is 6.03 Å². The van der Waals surface area contributed by atoms with Crippen LogP contribution < -0.4 is 4.90 Å². The molecule has 0 unspecified atom stereocenters. The lowest BCUT2D eigenvalue weighted by Gasteiger charge is -2.34. The third-order valence-corrected chi connectivity index (χ3v) is 5.67. The first-order chi connectivity index (χ1) is 13.9. The van der Waals surface area contributed by atoms with E-state index in [9.17, 15) is 14.0 Å². The molecule has 1 aromatic heterocycles. The Kier molecular flexibility index (Phi) is 5.05. The summed E-state index contributed by atoms with van der Waals surface area (Å²) in [7, 11) is 3.54. The zero-order valence-corrected chi connectivity index (χ0v) is 16.5. The first-order valence-electron chi connectivity index (χ1n) is 9.68. The summed E-state index contributed by atoms with van der Waals surface area (Å²) in [5.74, 6) is -0.314. The number of fused-ring (bicyclic) bond motifs is 1. The molecule has 3 aromatic rings. The Morgan fingerprint density at radius 3 is 2.48 bits per heavy atom. The monoisotopic (exact) mass is 394 g/mol. The van der Waals surface area contributed by atoms with Gasteiger partial charge in [-0.15, -0.1) is 0 Å². The van der Waals surface area contributed by atoms with Gasteiger partial charge in [0.1, 0.15) is 5.82 Å². The highest BCUT2D eigenvalue weighted by Gasteiger charge is 2.29. The Bertz CT molecular complexity index is 1050. The molecule has 0 spiro atoms. The zero-order chi connectivity index (χ0) is 20.5. The SMILES string of the molecule is CN(C(=O)N1CCC(C(=O)c2ccc3cnn(C)c3c2)CC1)c1ccc(F)cc1. The minimum atomic E-state index is -0.335. The second-order valence-electron chi connectivity index (χ2n) is 7.49. The van der Waals surface area contributed by atoms with E-state index in [1.807, 2.05) is 25.2 Å². The summed E-state index contributed by atoms with van der Waals surface area (Å²) >= 11 is 0. The van der Waals surface area contributed by atoms with Crippen molar-refractivity contribution in [1.29, 1.82) is 0 Å². The van der Waals surface area contributed by atoms with E-state index in [0.29, 0.717) is 37.2 Å². The van der Waals surface area contributed by atoms with Crippen LogP contribution in [-0.2, 0) is 7.05 Å². The third-order valence-electron chi connectivity index (χ3n) is 5.67. The second-order valence-corrected chi connectivity index (χ2v) is 7.49. The first-order valence-corrected chi connectivity index (χ1v) is 9.68. The fourth-order valence-electron chi connectivity index (χ4n) is 3.85. The summed E-state index contributed by atoms with van der Waals surface area (Å²) in [5.41, 5.74) is 2.26. The Hall–Kier alpha value is -3.22. The smallest absolute Gasteiger partial charge is 0.324 e. The van der Waals surface area contributed by atoms with Crippen molar-refractivity contribution in [2.24, 2.45) is 13.0 Å². The van der Waals surface area contributed by atoms with Crippen molar-refractivity contribution in [3.05, 3.63) is 60.0 Å². The standard InChI is InChI=1S/C22H23FN4O2/c1-25(19-7-5-18(23)6-8-19)22(29)27-11-9-15(10-12-27)21(28)16-3-4-17-14-24-26(2)20(17)13-16/h3-8,13-15H,9-12H2,1-2H3. The van der Waals surface area contributed by atoms with Crippen molar-refractivity contribution in [2.75, 3.05) is 25.0 Å². The maximum absolute atomic E-state index is 13.1. The predicted octanol–water partition coefficient (Wildman–Crippen LogP) is 3.86. The molecule has 29 heavy (non-hydrogen) atoms. The molecule has 0 radical (unpaired) electrons. The quantitative estimate of drug-likeness (QED) is 0.634. The minimum absolute atomic E-state index is 0.0964. The Morgan fingerprint density at radius 1 is 1.10 bits per heavy atom. The summed E-state index contributed by atoms with van der Waals surface area (Å²) in [4.78, 5) is 29.0. The number of likely N-dealkylation sites (tertiary alicyclic amines) is 1. The number of carbonyl (C=O) groups excluding carboxylic acids is 2. The number of aryl methyl sites for hydroxylation is 1. The Labute approximate surface area is 168 Å². The van der Waals surface area contributed by atoms with E-state index in [0.717, 1.165) is 10.9 Å². The molecule has 0 bridgehead atoms. The molecule has 1 aliphatic rings. The van der Waals surface area contributed by atoms with Crippen molar-refractivity contribution < 1.29 is 14.0 Å². The molecule has 0 N–H and O–H groups in total. The maximum atomic E-state index is 13.1. The number of hydrogen-bond donors (Lipinski definition) is 0. The van der Waals surface area contributed by atoms with Gasteiger partial charge in [0.2, 0.25) is 0 Å². The van der Waals surface area contributed by atoms with Crippen LogP contribution in [0.2, 0.25) is 0 Å². The number of Topliss-reactive ketones (excluding diaryl/α,β-unsaturated/α-hetero) is 1. The summed E-state index contributed by atoms with van der Waals surface area (Å²) in [6.07, 6.45) is 3.04. The van der Waals surface area contributed by atoms with Crippen LogP contribution in [0.3, 0.4) is 0 Å². The number of benzene rings is 2. The number of halogens is 1. The molecule has 0 saturated carbocycles. The van der Waals surface area contributed by atoms with E-state index in [1.54, 1.807) is 35.0 Å². The van der Waals surface area contributed by atoms with Gasteiger partial charge in [-0.2, -0.15) is 5.10 Å². The van der Waals surface area contributed by atoms with Crippen LogP contribution in [0.5, 0.6) is 0 Å². The van der Waals surface area contributed by atoms with Gasteiger partial charge in [-0.05, 0) is 43.2 Å². The highest BCUT2D eigenvalue weighted by molar-refractivity contribution is 6.01. The van der Waals surface area contributed by atoms with E-state index in [2.05, 4.69) is 5.10 Å². The molecule has 1 fully saturated rings. The molecule has 4 rings (SSSR count). The van der Waals surface area contributed by atoms with Crippen LogP contribution in [0.1, 0.15) is 23.2 Å². The normalized spacial score (nSPS) is 14.9. The summed E-state index contributed by atoms with van der Waals surface area (Å²) in [6, 6.07) is 11.4. The minimum Gasteiger partial charge on any atom is -0.324 e. The number of piperidine rings is 1. The van der Waals surface area contributed by atoms with Gasteiger partial charge in [-0.25, -0.2) is 9.18 Å². The number of amides is 2. The summed E-state index contributed by atoms with van der Waals surface area (Å²) in [6.45, 7) is 1.05. The lowest BCUT2D eigenvalue weighted by molar-refractivity contribution is 0.0857. The van der Waals surface area contributed by atoms with Crippen LogP contribution in [-0.4, -0.2) is 46.6 Å². The zero-order valence-electron chi connectivity index (χ0n) is 16.5. The topological polar surface area (TPSA) is 58.4 Å². The lowest BCUT2D eigenvalue weighted by Crippen LogP contribution is -2.46. The van der Waals surface area contributed by atoms with Gasteiger partial charge < -0.3 is 4.90 Å². The van der Waals surface area contributed by atoms with Crippen molar-refractivity contribution in [3.8, 4) is 0 Å². The predicted molar refractivity (Wildman–Crippen MR) is 110 cm³/mol. The van der Waals surface area contributed by atoms with Crippen LogP contribution in [0.25, 0.3) is 10.9 Å².